The van der Waals surface area contributed by atoms with Crippen LogP contribution in [0.4, 0.5) is 5.69 Å². The van der Waals surface area contributed by atoms with Crippen LogP contribution in [0.25, 0.3) is 10.4 Å². The van der Waals surface area contributed by atoms with Gasteiger partial charge in [0.1, 0.15) is 6.04 Å². The molecule has 2 aromatic rings. The standard InChI is InChI=1S/C26H32N6O2S/c1-16-13-18(21-17(2)28-15-35-21)8-9-19(16)29-23(33)20-7-6-12-32(20)24(34)22(25(3,4)5)30-31-26(14-27)10-11-26/h8-9,13,15,20,22H,6-7,10-12H2,1-5H3,(H,29,33)/b31-30+/t20-,22+/m0/s1. The van der Waals surface area contributed by atoms with Crippen molar-refractivity contribution in [3.05, 3.63) is 35.0 Å². The molecule has 2 aliphatic rings. The maximum atomic E-state index is 13.6. The van der Waals surface area contributed by atoms with Crippen LogP contribution in [0, 0.1) is 30.6 Å². The molecule has 0 spiro atoms. The second kappa shape index (κ2) is 9.50. The number of carbonyl (C=O) groups is 2. The second-order valence-electron chi connectivity index (χ2n) is 10.6. The van der Waals surface area contributed by atoms with Gasteiger partial charge in [-0.15, -0.1) is 11.3 Å². The molecule has 2 heterocycles. The summed E-state index contributed by atoms with van der Waals surface area (Å²) in [6.45, 7) is 10.2. The largest absolute Gasteiger partial charge is 0.329 e. The number of likely N-dealkylation sites (tertiary alicyclic amines) is 1. The summed E-state index contributed by atoms with van der Waals surface area (Å²) in [5, 5.41) is 21.0. The molecule has 0 bridgehead atoms. The van der Waals surface area contributed by atoms with E-state index in [2.05, 4.69) is 26.6 Å². The first-order chi connectivity index (χ1) is 16.5. The van der Waals surface area contributed by atoms with Crippen molar-refractivity contribution in [2.45, 2.75) is 77.9 Å². The van der Waals surface area contributed by atoms with Gasteiger partial charge in [0.05, 0.1) is 22.2 Å². The van der Waals surface area contributed by atoms with E-state index in [1.165, 1.54) is 0 Å². The third kappa shape index (κ3) is 5.27. The van der Waals surface area contributed by atoms with Gasteiger partial charge in [-0.05, 0) is 68.2 Å². The third-order valence-corrected chi connectivity index (χ3v) is 7.66. The smallest absolute Gasteiger partial charge is 0.250 e. The SMILES string of the molecule is Cc1cc(-c2scnc2C)ccc1NC(=O)[C@@H]1CCCN1C(=O)[C@@H](/N=N/C1(C#N)CC1)C(C)(C)C. The maximum absolute atomic E-state index is 13.6. The fourth-order valence-electron chi connectivity index (χ4n) is 4.31. The first-order valence-corrected chi connectivity index (χ1v) is 12.9. The molecule has 1 aliphatic heterocycles. The molecule has 9 heteroatoms. The number of benzene rings is 1. The Morgan fingerprint density at radius 2 is 2.06 bits per heavy atom. The number of carbonyl (C=O) groups excluding carboxylic acids is 2. The Labute approximate surface area is 210 Å². The third-order valence-electron chi connectivity index (χ3n) is 6.68. The Kier molecular flexibility index (Phi) is 6.78. The highest BCUT2D eigenvalue weighted by Gasteiger charge is 2.46. The average Bonchev–Trinajstić information content (AvgIpc) is 3.19. The first-order valence-electron chi connectivity index (χ1n) is 12.0. The van der Waals surface area contributed by atoms with Gasteiger partial charge in [-0.2, -0.15) is 15.5 Å². The van der Waals surface area contributed by atoms with Gasteiger partial charge in [0.25, 0.3) is 5.91 Å². The van der Waals surface area contributed by atoms with Crippen molar-refractivity contribution < 1.29 is 9.59 Å². The fraction of sp³-hybridized carbons (Fsp3) is 0.538. The Balaban J connectivity index is 1.50. The van der Waals surface area contributed by atoms with Crippen molar-refractivity contribution in [1.29, 1.82) is 5.26 Å². The molecule has 1 saturated carbocycles. The van der Waals surface area contributed by atoms with Gasteiger partial charge < -0.3 is 10.2 Å². The molecule has 1 aromatic heterocycles. The van der Waals surface area contributed by atoms with Gasteiger partial charge in [0.2, 0.25) is 5.91 Å². The Bertz CT molecular complexity index is 1200. The number of thiazole rings is 1. The molecule has 0 unspecified atom stereocenters. The normalized spacial score (nSPS) is 20.0. The predicted molar refractivity (Wildman–Crippen MR) is 136 cm³/mol. The lowest BCUT2D eigenvalue weighted by molar-refractivity contribution is -0.139. The van der Waals surface area contributed by atoms with E-state index >= 15 is 0 Å². The molecule has 1 N–H and O–H groups in total. The molecule has 1 aliphatic carbocycles. The molecule has 8 nitrogen and oxygen atoms in total. The average molecular weight is 493 g/mol. The van der Waals surface area contributed by atoms with Gasteiger partial charge in [0, 0.05) is 12.2 Å². The molecular formula is C26H32N6O2S. The van der Waals surface area contributed by atoms with Crippen molar-refractivity contribution in [1.82, 2.24) is 9.88 Å². The summed E-state index contributed by atoms with van der Waals surface area (Å²) < 4.78 is 0. The van der Waals surface area contributed by atoms with Crippen LogP contribution in [0.5, 0.6) is 0 Å². The van der Waals surface area contributed by atoms with Crippen LogP contribution in [0.1, 0.15) is 57.7 Å². The minimum absolute atomic E-state index is 0.194. The number of hydrogen-bond acceptors (Lipinski definition) is 7. The van der Waals surface area contributed by atoms with E-state index in [1.807, 2.05) is 58.3 Å². The molecule has 35 heavy (non-hydrogen) atoms. The summed E-state index contributed by atoms with van der Waals surface area (Å²) in [5.74, 6) is -0.402. The van der Waals surface area contributed by atoms with E-state index in [-0.39, 0.29) is 11.8 Å². The first kappa shape index (κ1) is 25.0. The van der Waals surface area contributed by atoms with Crippen molar-refractivity contribution in [3.63, 3.8) is 0 Å². The maximum Gasteiger partial charge on any atom is 0.250 e. The van der Waals surface area contributed by atoms with Gasteiger partial charge >= 0.3 is 0 Å². The molecule has 2 atom stereocenters. The lowest BCUT2D eigenvalue weighted by Crippen LogP contribution is -2.50. The number of aryl methyl sites for hydroxylation is 2. The second-order valence-corrected chi connectivity index (χ2v) is 11.5. The quantitative estimate of drug-likeness (QED) is 0.553. The van der Waals surface area contributed by atoms with E-state index < -0.39 is 23.0 Å². The lowest BCUT2D eigenvalue weighted by atomic mass is 9.86. The lowest BCUT2D eigenvalue weighted by Gasteiger charge is -2.32. The fourth-order valence-corrected chi connectivity index (χ4v) is 5.12. The molecule has 184 valence electrons. The number of hydrogen-bond donors (Lipinski definition) is 1. The van der Waals surface area contributed by atoms with Crippen molar-refractivity contribution in [3.8, 4) is 16.5 Å². The van der Waals surface area contributed by atoms with Crippen LogP contribution in [-0.4, -0.2) is 45.9 Å². The Morgan fingerprint density at radius 3 is 2.63 bits per heavy atom. The predicted octanol–water partition coefficient (Wildman–Crippen LogP) is 5.28. The topological polar surface area (TPSA) is 111 Å². The number of nitriles is 1. The highest BCUT2D eigenvalue weighted by atomic mass is 32.1. The number of amides is 2. The van der Waals surface area contributed by atoms with Crippen LogP contribution in [-0.2, 0) is 9.59 Å². The minimum Gasteiger partial charge on any atom is -0.329 e. The van der Waals surface area contributed by atoms with E-state index in [1.54, 1.807) is 16.2 Å². The van der Waals surface area contributed by atoms with Gasteiger partial charge in [-0.25, -0.2) is 4.98 Å². The minimum atomic E-state index is -0.771. The van der Waals surface area contributed by atoms with Crippen LogP contribution in [0.15, 0.2) is 33.9 Å². The summed E-state index contributed by atoms with van der Waals surface area (Å²) in [5.41, 5.74) is 4.31. The Morgan fingerprint density at radius 1 is 1.31 bits per heavy atom. The highest BCUT2D eigenvalue weighted by molar-refractivity contribution is 7.13. The van der Waals surface area contributed by atoms with Gasteiger partial charge in [-0.3, -0.25) is 9.59 Å². The molecule has 4 rings (SSSR count). The molecular weight excluding hydrogens is 460 g/mol. The number of nitrogens with one attached hydrogen (secondary N) is 1. The van der Waals surface area contributed by atoms with Crippen molar-refractivity contribution in [2.75, 3.05) is 11.9 Å². The number of azo groups is 1. The summed E-state index contributed by atoms with van der Waals surface area (Å²) in [7, 11) is 0. The van der Waals surface area contributed by atoms with Crippen LogP contribution in [0.2, 0.25) is 0 Å². The van der Waals surface area contributed by atoms with Crippen molar-refractivity contribution >= 4 is 28.8 Å². The van der Waals surface area contributed by atoms with E-state index in [4.69, 9.17) is 0 Å². The van der Waals surface area contributed by atoms with Gasteiger partial charge in [-0.1, -0.05) is 26.8 Å². The number of aromatic nitrogens is 1. The Hall–Kier alpha value is -3.12. The zero-order valence-corrected chi connectivity index (χ0v) is 21.8. The van der Waals surface area contributed by atoms with E-state index in [0.29, 0.717) is 25.8 Å². The highest BCUT2D eigenvalue weighted by Crippen LogP contribution is 2.40. The summed E-state index contributed by atoms with van der Waals surface area (Å²) in [6.07, 6.45) is 2.70. The monoisotopic (exact) mass is 492 g/mol. The van der Waals surface area contributed by atoms with Crippen LogP contribution in [0.3, 0.4) is 0 Å². The summed E-state index contributed by atoms with van der Waals surface area (Å²) >= 11 is 1.59. The molecule has 2 amide bonds. The zero-order chi connectivity index (χ0) is 25.4. The zero-order valence-electron chi connectivity index (χ0n) is 21.0. The molecule has 1 saturated heterocycles. The summed E-state index contributed by atoms with van der Waals surface area (Å²) in [6, 6.07) is 6.83. The number of nitrogens with zero attached hydrogens (tertiary/aromatic N) is 5. The van der Waals surface area contributed by atoms with Crippen LogP contribution >= 0.6 is 11.3 Å². The van der Waals surface area contributed by atoms with E-state index in [0.717, 1.165) is 33.8 Å². The number of rotatable bonds is 6. The van der Waals surface area contributed by atoms with Gasteiger partial charge in [0.15, 0.2) is 11.6 Å². The van der Waals surface area contributed by atoms with Crippen molar-refractivity contribution in [2.24, 2.45) is 15.6 Å². The van der Waals surface area contributed by atoms with E-state index in [9.17, 15) is 14.9 Å². The molecule has 0 radical (unpaired) electrons. The number of anilines is 1. The molecule has 2 fully saturated rings. The molecule has 1 aromatic carbocycles. The summed E-state index contributed by atoms with van der Waals surface area (Å²) in [4.78, 5) is 33.9. The van der Waals surface area contributed by atoms with Crippen LogP contribution < -0.4 is 5.32 Å².